The highest BCUT2D eigenvalue weighted by atomic mass is 16.4. The van der Waals surface area contributed by atoms with Crippen LogP contribution in [0.25, 0.3) is 28.2 Å². The third kappa shape index (κ3) is 2.97. The molecule has 1 saturated carbocycles. The molecular weight excluding hydrogens is 366 g/mol. The quantitative estimate of drug-likeness (QED) is 0.561. The maximum atomic E-state index is 13.3. The molecule has 0 saturated heterocycles. The maximum Gasteiger partial charge on any atom is 0.285 e. The Bertz CT molecular complexity index is 1230. The molecule has 7 heteroatoms. The van der Waals surface area contributed by atoms with Gasteiger partial charge in [-0.25, -0.2) is 9.50 Å². The van der Waals surface area contributed by atoms with E-state index in [-0.39, 0.29) is 11.4 Å². The SMILES string of the molecule is Cc1nc2c(-c3ccccc3)c(C)[nH]n2c(=O)c1-c1nnc(C2CCCCC2)o1. The molecule has 1 aromatic carbocycles. The van der Waals surface area contributed by atoms with Gasteiger partial charge >= 0.3 is 0 Å². The topological polar surface area (TPSA) is 89.1 Å². The molecule has 148 valence electrons. The van der Waals surface area contributed by atoms with E-state index in [2.05, 4.69) is 15.3 Å². The third-order valence-electron chi connectivity index (χ3n) is 5.81. The molecule has 7 nitrogen and oxygen atoms in total. The Labute approximate surface area is 167 Å². The summed E-state index contributed by atoms with van der Waals surface area (Å²) in [5, 5.41) is 11.6. The van der Waals surface area contributed by atoms with Crippen LogP contribution in [0.4, 0.5) is 0 Å². The van der Waals surface area contributed by atoms with Crippen molar-refractivity contribution in [2.75, 3.05) is 0 Å². The highest BCUT2D eigenvalue weighted by Crippen LogP contribution is 2.33. The monoisotopic (exact) mass is 389 g/mol. The van der Waals surface area contributed by atoms with Gasteiger partial charge in [0.15, 0.2) is 5.65 Å². The number of rotatable bonds is 3. The van der Waals surface area contributed by atoms with Crippen molar-refractivity contribution in [1.29, 1.82) is 0 Å². The van der Waals surface area contributed by atoms with Crippen LogP contribution in [0.15, 0.2) is 39.5 Å². The second kappa shape index (κ2) is 6.99. The summed E-state index contributed by atoms with van der Waals surface area (Å²) >= 11 is 0. The zero-order chi connectivity index (χ0) is 20.0. The lowest BCUT2D eigenvalue weighted by molar-refractivity contribution is 0.367. The molecule has 1 aliphatic carbocycles. The fraction of sp³-hybridized carbons (Fsp3) is 0.364. The van der Waals surface area contributed by atoms with Crippen molar-refractivity contribution in [3.05, 3.63) is 58.0 Å². The first-order chi connectivity index (χ1) is 14.1. The summed E-state index contributed by atoms with van der Waals surface area (Å²) in [6, 6.07) is 9.95. The third-order valence-corrected chi connectivity index (χ3v) is 5.81. The minimum atomic E-state index is -0.225. The number of fused-ring (bicyclic) bond motifs is 1. The molecule has 0 atom stereocenters. The van der Waals surface area contributed by atoms with E-state index in [1.54, 1.807) is 0 Å². The van der Waals surface area contributed by atoms with Crippen LogP contribution in [-0.4, -0.2) is 24.8 Å². The lowest BCUT2D eigenvalue weighted by atomic mass is 9.89. The summed E-state index contributed by atoms with van der Waals surface area (Å²) in [7, 11) is 0. The average Bonchev–Trinajstić information content (AvgIpc) is 3.34. The fourth-order valence-electron chi connectivity index (χ4n) is 4.34. The normalized spacial score (nSPS) is 15.2. The van der Waals surface area contributed by atoms with Crippen molar-refractivity contribution in [2.45, 2.75) is 51.9 Å². The van der Waals surface area contributed by atoms with Crippen LogP contribution < -0.4 is 5.56 Å². The van der Waals surface area contributed by atoms with Crippen LogP contribution in [0.2, 0.25) is 0 Å². The average molecular weight is 389 g/mol. The zero-order valence-corrected chi connectivity index (χ0v) is 16.6. The summed E-state index contributed by atoms with van der Waals surface area (Å²) in [5.74, 6) is 1.18. The number of aromatic amines is 1. The van der Waals surface area contributed by atoms with Crippen molar-refractivity contribution in [3.63, 3.8) is 0 Å². The molecule has 4 aromatic rings. The lowest BCUT2D eigenvalue weighted by Gasteiger charge is -2.17. The second-order valence-electron chi connectivity index (χ2n) is 7.79. The summed E-state index contributed by atoms with van der Waals surface area (Å²) in [5.41, 5.74) is 4.14. The molecule has 0 spiro atoms. The van der Waals surface area contributed by atoms with Gasteiger partial charge in [-0.3, -0.25) is 9.89 Å². The molecule has 1 aliphatic rings. The summed E-state index contributed by atoms with van der Waals surface area (Å²) in [4.78, 5) is 18.0. The van der Waals surface area contributed by atoms with Gasteiger partial charge in [0.25, 0.3) is 11.4 Å². The Morgan fingerprint density at radius 2 is 1.79 bits per heavy atom. The molecule has 29 heavy (non-hydrogen) atoms. The van der Waals surface area contributed by atoms with Crippen LogP contribution in [0.3, 0.4) is 0 Å². The van der Waals surface area contributed by atoms with Crippen LogP contribution in [0.1, 0.15) is 55.3 Å². The van der Waals surface area contributed by atoms with Gasteiger partial charge < -0.3 is 4.42 Å². The van der Waals surface area contributed by atoms with Gasteiger partial charge in [0.05, 0.1) is 5.69 Å². The molecule has 3 heterocycles. The second-order valence-corrected chi connectivity index (χ2v) is 7.79. The minimum Gasteiger partial charge on any atom is -0.420 e. The minimum absolute atomic E-state index is 0.225. The summed E-state index contributed by atoms with van der Waals surface area (Å²) < 4.78 is 7.43. The van der Waals surface area contributed by atoms with E-state index in [0.717, 1.165) is 29.7 Å². The Morgan fingerprint density at radius 3 is 2.55 bits per heavy atom. The van der Waals surface area contributed by atoms with Crippen LogP contribution in [0.5, 0.6) is 0 Å². The van der Waals surface area contributed by atoms with Crippen molar-refractivity contribution in [3.8, 4) is 22.6 Å². The van der Waals surface area contributed by atoms with E-state index in [0.29, 0.717) is 28.7 Å². The molecule has 1 fully saturated rings. The number of aromatic nitrogens is 5. The predicted octanol–water partition coefficient (Wildman–Crippen LogP) is 4.40. The first-order valence-electron chi connectivity index (χ1n) is 10.1. The Balaban J connectivity index is 1.63. The predicted molar refractivity (Wildman–Crippen MR) is 110 cm³/mol. The Kier molecular flexibility index (Phi) is 4.30. The smallest absolute Gasteiger partial charge is 0.285 e. The number of hydrogen-bond donors (Lipinski definition) is 1. The number of benzene rings is 1. The maximum absolute atomic E-state index is 13.3. The molecule has 0 bridgehead atoms. The molecule has 3 aromatic heterocycles. The van der Waals surface area contributed by atoms with Gasteiger partial charge in [-0.15, -0.1) is 10.2 Å². The number of hydrogen-bond acceptors (Lipinski definition) is 5. The van der Waals surface area contributed by atoms with E-state index in [4.69, 9.17) is 9.40 Å². The molecule has 5 rings (SSSR count). The van der Waals surface area contributed by atoms with Gasteiger partial charge in [0, 0.05) is 17.2 Å². The molecule has 0 radical (unpaired) electrons. The Hall–Kier alpha value is -3.22. The molecular formula is C22H23N5O2. The Morgan fingerprint density at radius 1 is 1.03 bits per heavy atom. The number of nitrogens with one attached hydrogen (secondary N) is 1. The number of H-pyrrole nitrogens is 1. The van der Waals surface area contributed by atoms with Crippen molar-refractivity contribution >= 4 is 5.65 Å². The highest BCUT2D eigenvalue weighted by molar-refractivity contribution is 5.80. The van der Waals surface area contributed by atoms with E-state index in [1.807, 2.05) is 44.2 Å². The van der Waals surface area contributed by atoms with E-state index in [1.165, 1.54) is 23.8 Å². The van der Waals surface area contributed by atoms with E-state index in [9.17, 15) is 4.79 Å². The molecule has 0 unspecified atom stereocenters. The number of nitrogens with zero attached hydrogens (tertiary/aromatic N) is 4. The molecule has 0 aliphatic heterocycles. The zero-order valence-electron chi connectivity index (χ0n) is 16.6. The summed E-state index contributed by atoms with van der Waals surface area (Å²) in [6.07, 6.45) is 5.75. The van der Waals surface area contributed by atoms with E-state index < -0.39 is 0 Å². The van der Waals surface area contributed by atoms with Gasteiger partial charge in [-0.05, 0) is 32.3 Å². The van der Waals surface area contributed by atoms with Crippen molar-refractivity contribution in [2.24, 2.45) is 0 Å². The van der Waals surface area contributed by atoms with Crippen molar-refractivity contribution < 1.29 is 4.42 Å². The van der Waals surface area contributed by atoms with Gasteiger partial charge in [-0.1, -0.05) is 49.6 Å². The number of aryl methyl sites for hydroxylation is 2. The first kappa shape index (κ1) is 17.8. The van der Waals surface area contributed by atoms with Crippen LogP contribution in [-0.2, 0) is 0 Å². The van der Waals surface area contributed by atoms with Crippen LogP contribution >= 0.6 is 0 Å². The summed E-state index contributed by atoms with van der Waals surface area (Å²) in [6.45, 7) is 3.76. The molecule has 1 N–H and O–H groups in total. The first-order valence-corrected chi connectivity index (χ1v) is 10.1. The molecule has 0 amide bonds. The standard InChI is InChI=1S/C22H23N5O2/c1-13-18(21-25-24-20(29-21)16-11-7-4-8-12-16)22(28)27-19(23-13)17(14(2)26-27)15-9-5-3-6-10-15/h3,5-6,9-10,16,26H,4,7-8,11-12H2,1-2H3. The lowest BCUT2D eigenvalue weighted by Crippen LogP contribution is -2.19. The van der Waals surface area contributed by atoms with E-state index >= 15 is 0 Å². The largest absolute Gasteiger partial charge is 0.420 e. The van der Waals surface area contributed by atoms with Crippen LogP contribution in [0, 0.1) is 13.8 Å². The van der Waals surface area contributed by atoms with Gasteiger partial charge in [0.1, 0.15) is 5.56 Å². The van der Waals surface area contributed by atoms with Gasteiger partial charge in [0.2, 0.25) is 5.89 Å². The highest BCUT2D eigenvalue weighted by Gasteiger charge is 2.25. The van der Waals surface area contributed by atoms with Crippen molar-refractivity contribution in [1.82, 2.24) is 24.8 Å². The fourth-order valence-corrected chi connectivity index (χ4v) is 4.34. The van der Waals surface area contributed by atoms with Gasteiger partial charge in [-0.2, -0.15) is 0 Å².